The minimum absolute atomic E-state index is 0.319. The predicted molar refractivity (Wildman–Crippen MR) is 81.9 cm³/mol. The van der Waals surface area contributed by atoms with Crippen molar-refractivity contribution in [2.24, 2.45) is 0 Å². The van der Waals surface area contributed by atoms with E-state index < -0.39 is 5.97 Å². The van der Waals surface area contributed by atoms with Crippen LogP contribution in [0.25, 0.3) is 5.69 Å². The van der Waals surface area contributed by atoms with Gasteiger partial charge in [0.2, 0.25) is 0 Å². The molecule has 0 spiro atoms. The molecule has 1 aliphatic heterocycles. The summed E-state index contributed by atoms with van der Waals surface area (Å²) < 4.78 is 2.05. The third-order valence-electron chi connectivity index (χ3n) is 4.02. The molecule has 4 heteroatoms. The Kier molecular flexibility index (Phi) is 4.06. The summed E-state index contributed by atoms with van der Waals surface area (Å²) >= 11 is 0. The molecule has 0 aliphatic carbocycles. The number of piperidine rings is 1. The van der Waals surface area contributed by atoms with E-state index in [9.17, 15) is 4.79 Å². The van der Waals surface area contributed by atoms with E-state index in [1.165, 1.54) is 37.9 Å². The second-order valence-corrected chi connectivity index (χ2v) is 5.62. The van der Waals surface area contributed by atoms with Crippen molar-refractivity contribution < 1.29 is 9.90 Å². The number of carboxylic acid groups (broad SMARTS) is 1. The van der Waals surface area contributed by atoms with Gasteiger partial charge in [0.25, 0.3) is 0 Å². The van der Waals surface area contributed by atoms with E-state index in [0.29, 0.717) is 5.56 Å². The zero-order valence-electron chi connectivity index (χ0n) is 12.0. The molecule has 1 aromatic heterocycles. The SMILES string of the molecule is O=C(O)c1ccc(-n2ccc(CN3CCCCC3)c2)cc1. The Morgan fingerprint density at radius 1 is 1.05 bits per heavy atom. The van der Waals surface area contributed by atoms with Gasteiger partial charge in [-0.2, -0.15) is 0 Å². The second kappa shape index (κ2) is 6.14. The molecule has 0 radical (unpaired) electrons. The summed E-state index contributed by atoms with van der Waals surface area (Å²) in [4.78, 5) is 13.4. The normalized spacial score (nSPS) is 16.0. The number of aromatic nitrogens is 1. The molecule has 2 heterocycles. The first-order valence-electron chi connectivity index (χ1n) is 7.45. The van der Waals surface area contributed by atoms with Crippen molar-refractivity contribution in [2.75, 3.05) is 13.1 Å². The number of benzene rings is 1. The average molecular weight is 284 g/mol. The third-order valence-corrected chi connectivity index (χ3v) is 4.02. The first-order chi connectivity index (χ1) is 10.2. The minimum atomic E-state index is -0.889. The number of hydrogen-bond acceptors (Lipinski definition) is 2. The molecule has 0 saturated carbocycles. The quantitative estimate of drug-likeness (QED) is 0.938. The molecular formula is C17H20N2O2. The first kappa shape index (κ1) is 13.9. The van der Waals surface area contributed by atoms with E-state index in [4.69, 9.17) is 5.11 Å². The van der Waals surface area contributed by atoms with Gasteiger partial charge in [-0.3, -0.25) is 4.90 Å². The maximum atomic E-state index is 10.9. The second-order valence-electron chi connectivity index (χ2n) is 5.62. The van der Waals surface area contributed by atoms with Crippen LogP contribution >= 0.6 is 0 Å². The molecule has 1 aliphatic rings. The molecule has 2 aromatic rings. The molecule has 0 amide bonds. The summed E-state index contributed by atoms with van der Waals surface area (Å²) in [6.07, 6.45) is 8.13. The van der Waals surface area contributed by atoms with E-state index in [-0.39, 0.29) is 0 Å². The van der Waals surface area contributed by atoms with Crippen molar-refractivity contribution in [2.45, 2.75) is 25.8 Å². The Labute approximate surface area is 124 Å². The lowest BCUT2D eigenvalue weighted by Gasteiger charge is -2.25. The highest BCUT2D eigenvalue weighted by molar-refractivity contribution is 5.87. The van der Waals surface area contributed by atoms with Crippen LogP contribution < -0.4 is 0 Å². The van der Waals surface area contributed by atoms with Gasteiger partial charge in [0, 0.05) is 24.6 Å². The topological polar surface area (TPSA) is 45.5 Å². The number of likely N-dealkylation sites (tertiary alicyclic amines) is 1. The van der Waals surface area contributed by atoms with Crippen LogP contribution in [0.4, 0.5) is 0 Å². The molecule has 3 rings (SSSR count). The van der Waals surface area contributed by atoms with Crippen molar-refractivity contribution in [1.82, 2.24) is 9.47 Å². The van der Waals surface area contributed by atoms with Crippen LogP contribution in [-0.2, 0) is 6.54 Å². The predicted octanol–water partition coefficient (Wildman–Crippen LogP) is 3.16. The third kappa shape index (κ3) is 3.34. The summed E-state index contributed by atoms with van der Waals surface area (Å²) in [6.45, 7) is 3.39. The Morgan fingerprint density at radius 2 is 1.76 bits per heavy atom. The van der Waals surface area contributed by atoms with Crippen LogP contribution in [0.5, 0.6) is 0 Å². The van der Waals surface area contributed by atoms with Gasteiger partial charge in [-0.15, -0.1) is 0 Å². The zero-order valence-corrected chi connectivity index (χ0v) is 12.0. The largest absolute Gasteiger partial charge is 0.478 e. The molecule has 1 aromatic carbocycles. The molecule has 1 fully saturated rings. The maximum Gasteiger partial charge on any atom is 0.335 e. The number of rotatable bonds is 4. The van der Waals surface area contributed by atoms with Gasteiger partial charge in [0.15, 0.2) is 0 Å². The number of carbonyl (C=O) groups is 1. The van der Waals surface area contributed by atoms with Gasteiger partial charge in [0.1, 0.15) is 0 Å². The number of aromatic carboxylic acids is 1. The number of carboxylic acids is 1. The van der Waals surface area contributed by atoms with Crippen LogP contribution in [0.2, 0.25) is 0 Å². The van der Waals surface area contributed by atoms with Crippen LogP contribution in [0.1, 0.15) is 35.2 Å². The van der Waals surface area contributed by atoms with Gasteiger partial charge in [-0.05, 0) is 61.8 Å². The van der Waals surface area contributed by atoms with Crippen LogP contribution in [0, 0.1) is 0 Å². The highest BCUT2D eigenvalue weighted by atomic mass is 16.4. The van der Waals surface area contributed by atoms with E-state index in [1.54, 1.807) is 12.1 Å². The lowest BCUT2D eigenvalue weighted by atomic mass is 10.1. The standard InChI is InChI=1S/C17H20N2O2/c20-17(21)15-4-6-16(7-5-15)19-11-8-14(13-19)12-18-9-2-1-3-10-18/h4-8,11,13H,1-3,9-10,12H2,(H,20,21). The highest BCUT2D eigenvalue weighted by Gasteiger charge is 2.11. The summed E-state index contributed by atoms with van der Waals surface area (Å²) in [6, 6.07) is 9.10. The van der Waals surface area contributed by atoms with Gasteiger partial charge in [-0.1, -0.05) is 6.42 Å². The smallest absolute Gasteiger partial charge is 0.335 e. The summed E-state index contributed by atoms with van der Waals surface area (Å²) in [5.74, 6) is -0.889. The molecular weight excluding hydrogens is 264 g/mol. The molecule has 1 saturated heterocycles. The fourth-order valence-electron chi connectivity index (χ4n) is 2.85. The van der Waals surface area contributed by atoms with Crippen molar-refractivity contribution >= 4 is 5.97 Å². The number of hydrogen-bond donors (Lipinski definition) is 1. The molecule has 21 heavy (non-hydrogen) atoms. The number of nitrogens with zero attached hydrogens (tertiary/aromatic N) is 2. The van der Waals surface area contributed by atoms with E-state index in [0.717, 1.165) is 12.2 Å². The molecule has 110 valence electrons. The van der Waals surface area contributed by atoms with Crippen LogP contribution in [-0.4, -0.2) is 33.6 Å². The van der Waals surface area contributed by atoms with E-state index >= 15 is 0 Å². The van der Waals surface area contributed by atoms with Crippen molar-refractivity contribution in [3.05, 3.63) is 53.9 Å². The monoisotopic (exact) mass is 284 g/mol. The highest BCUT2D eigenvalue weighted by Crippen LogP contribution is 2.16. The van der Waals surface area contributed by atoms with Crippen LogP contribution in [0.15, 0.2) is 42.7 Å². The summed E-state index contributed by atoms with van der Waals surface area (Å²) in [5.41, 5.74) is 2.61. The van der Waals surface area contributed by atoms with Gasteiger partial charge >= 0.3 is 5.97 Å². The van der Waals surface area contributed by atoms with Gasteiger partial charge < -0.3 is 9.67 Å². The first-order valence-corrected chi connectivity index (χ1v) is 7.45. The molecule has 1 N–H and O–H groups in total. The minimum Gasteiger partial charge on any atom is -0.478 e. The van der Waals surface area contributed by atoms with Gasteiger partial charge in [-0.25, -0.2) is 4.79 Å². The lowest BCUT2D eigenvalue weighted by molar-refractivity contribution is 0.0697. The molecule has 4 nitrogen and oxygen atoms in total. The fraction of sp³-hybridized carbons (Fsp3) is 0.353. The van der Waals surface area contributed by atoms with Crippen LogP contribution in [0.3, 0.4) is 0 Å². The van der Waals surface area contributed by atoms with E-state index in [2.05, 4.69) is 17.2 Å². The summed E-state index contributed by atoms with van der Waals surface area (Å²) in [5, 5.41) is 8.92. The lowest BCUT2D eigenvalue weighted by Crippen LogP contribution is -2.28. The zero-order chi connectivity index (χ0) is 14.7. The average Bonchev–Trinajstić information content (AvgIpc) is 2.97. The maximum absolute atomic E-state index is 10.9. The fourth-order valence-corrected chi connectivity index (χ4v) is 2.85. The van der Waals surface area contributed by atoms with Crippen molar-refractivity contribution in [3.8, 4) is 5.69 Å². The molecule has 0 unspecified atom stereocenters. The molecule has 0 bridgehead atoms. The van der Waals surface area contributed by atoms with E-state index in [1.807, 2.05) is 22.9 Å². The Hall–Kier alpha value is -2.07. The van der Waals surface area contributed by atoms with Crippen molar-refractivity contribution in [1.29, 1.82) is 0 Å². The van der Waals surface area contributed by atoms with Crippen molar-refractivity contribution in [3.63, 3.8) is 0 Å². The Balaban J connectivity index is 1.70. The Bertz CT molecular complexity index is 610. The Morgan fingerprint density at radius 3 is 2.43 bits per heavy atom. The summed E-state index contributed by atoms with van der Waals surface area (Å²) in [7, 11) is 0. The van der Waals surface area contributed by atoms with Gasteiger partial charge in [0.05, 0.1) is 5.56 Å². The molecule has 0 atom stereocenters.